The standard InChI is InChI=1S/C16H23NO3/c1-2-20-15(18)16(9-6-11-19-12-10-16)17-13-14-7-4-3-5-8-14/h3-5,7-8,17H,2,6,9-13H2,1H3. The van der Waals surface area contributed by atoms with E-state index in [9.17, 15) is 4.79 Å². The predicted molar refractivity (Wildman–Crippen MR) is 77.3 cm³/mol. The van der Waals surface area contributed by atoms with E-state index >= 15 is 0 Å². The highest BCUT2D eigenvalue weighted by atomic mass is 16.5. The molecule has 4 heteroatoms. The van der Waals surface area contributed by atoms with Gasteiger partial charge in [-0.3, -0.25) is 10.1 Å². The lowest BCUT2D eigenvalue weighted by Gasteiger charge is -2.31. The quantitative estimate of drug-likeness (QED) is 0.839. The molecule has 0 amide bonds. The van der Waals surface area contributed by atoms with E-state index in [2.05, 4.69) is 17.4 Å². The highest BCUT2D eigenvalue weighted by Gasteiger charge is 2.39. The lowest BCUT2D eigenvalue weighted by Crippen LogP contribution is -2.52. The smallest absolute Gasteiger partial charge is 0.326 e. The SMILES string of the molecule is CCOC(=O)C1(NCc2ccccc2)CCCOCC1. The van der Waals surface area contributed by atoms with Crippen molar-refractivity contribution in [2.24, 2.45) is 0 Å². The van der Waals surface area contributed by atoms with Gasteiger partial charge in [0.1, 0.15) is 5.54 Å². The van der Waals surface area contributed by atoms with Crippen molar-refractivity contribution < 1.29 is 14.3 Å². The number of carbonyl (C=O) groups is 1. The maximum Gasteiger partial charge on any atom is 0.326 e. The first-order valence-corrected chi connectivity index (χ1v) is 7.31. The number of ether oxygens (including phenoxy) is 2. The van der Waals surface area contributed by atoms with Gasteiger partial charge in [0.15, 0.2) is 0 Å². The molecule has 0 saturated carbocycles. The number of nitrogens with one attached hydrogen (secondary N) is 1. The largest absolute Gasteiger partial charge is 0.465 e. The molecular weight excluding hydrogens is 254 g/mol. The summed E-state index contributed by atoms with van der Waals surface area (Å²) in [6, 6.07) is 10.1. The molecule has 1 atom stereocenters. The van der Waals surface area contributed by atoms with Crippen molar-refractivity contribution >= 4 is 5.97 Å². The minimum absolute atomic E-state index is 0.151. The molecule has 20 heavy (non-hydrogen) atoms. The molecule has 110 valence electrons. The van der Waals surface area contributed by atoms with Crippen LogP contribution in [0.15, 0.2) is 30.3 Å². The molecule has 1 aliphatic rings. The van der Waals surface area contributed by atoms with E-state index in [1.54, 1.807) is 0 Å². The summed E-state index contributed by atoms with van der Waals surface area (Å²) in [5, 5.41) is 3.42. The maximum atomic E-state index is 12.4. The molecule has 1 aliphatic heterocycles. The van der Waals surface area contributed by atoms with Crippen LogP contribution in [-0.4, -0.2) is 31.3 Å². The molecule has 1 unspecified atom stereocenters. The van der Waals surface area contributed by atoms with Crippen molar-refractivity contribution in [1.82, 2.24) is 5.32 Å². The molecule has 0 aromatic heterocycles. The Kier molecular flexibility index (Phi) is 5.56. The first kappa shape index (κ1) is 15.0. The van der Waals surface area contributed by atoms with E-state index < -0.39 is 5.54 Å². The van der Waals surface area contributed by atoms with Gasteiger partial charge >= 0.3 is 5.97 Å². The number of carbonyl (C=O) groups excluding carboxylic acids is 1. The Morgan fingerprint density at radius 3 is 2.85 bits per heavy atom. The summed E-state index contributed by atoms with van der Waals surface area (Å²) in [5.74, 6) is -0.151. The molecule has 0 aliphatic carbocycles. The van der Waals surface area contributed by atoms with E-state index in [4.69, 9.17) is 9.47 Å². The predicted octanol–water partition coefficient (Wildman–Crippen LogP) is 2.28. The molecule has 1 heterocycles. The molecule has 1 fully saturated rings. The van der Waals surface area contributed by atoms with Crippen LogP contribution in [0.3, 0.4) is 0 Å². The molecular formula is C16H23NO3. The second kappa shape index (κ2) is 7.41. The van der Waals surface area contributed by atoms with Crippen molar-refractivity contribution in [3.8, 4) is 0 Å². The van der Waals surface area contributed by atoms with E-state index in [1.807, 2.05) is 25.1 Å². The van der Waals surface area contributed by atoms with E-state index in [0.717, 1.165) is 12.8 Å². The number of hydrogen-bond acceptors (Lipinski definition) is 4. The van der Waals surface area contributed by atoms with E-state index in [0.29, 0.717) is 32.8 Å². The summed E-state index contributed by atoms with van der Waals surface area (Å²) < 4.78 is 10.8. The van der Waals surface area contributed by atoms with Crippen LogP contribution in [-0.2, 0) is 20.8 Å². The Morgan fingerprint density at radius 1 is 1.30 bits per heavy atom. The zero-order valence-corrected chi connectivity index (χ0v) is 12.1. The number of esters is 1. The summed E-state index contributed by atoms with van der Waals surface area (Å²) in [6.45, 7) is 4.24. The van der Waals surface area contributed by atoms with Crippen molar-refractivity contribution in [1.29, 1.82) is 0 Å². The summed E-state index contributed by atoms with van der Waals surface area (Å²) in [6.07, 6.45) is 2.30. The van der Waals surface area contributed by atoms with Crippen molar-refractivity contribution in [2.45, 2.75) is 38.3 Å². The first-order chi connectivity index (χ1) is 9.77. The summed E-state index contributed by atoms with van der Waals surface area (Å²) >= 11 is 0. The third-order valence-electron chi connectivity index (χ3n) is 3.71. The van der Waals surface area contributed by atoms with Gasteiger partial charge in [0.05, 0.1) is 6.61 Å². The second-order valence-corrected chi connectivity index (χ2v) is 5.11. The topological polar surface area (TPSA) is 47.6 Å². The van der Waals surface area contributed by atoms with Gasteiger partial charge in [-0.15, -0.1) is 0 Å². The molecule has 2 rings (SSSR count). The third kappa shape index (κ3) is 3.81. The monoisotopic (exact) mass is 277 g/mol. The Hall–Kier alpha value is -1.39. The van der Waals surface area contributed by atoms with Gasteiger partial charge in [0.25, 0.3) is 0 Å². The van der Waals surface area contributed by atoms with Gasteiger partial charge < -0.3 is 9.47 Å². The van der Waals surface area contributed by atoms with Crippen LogP contribution in [0.2, 0.25) is 0 Å². The van der Waals surface area contributed by atoms with Crippen LogP contribution < -0.4 is 5.32 Å². The van der Waals surface area contributed by atoms with Crippen LogP contribution >= 0.6 is 0 Å². The van der Waals surface area contributed by atoms with Gasteiger partial charge in [0.2, 0.25) is 0 Å². The van der Waals surface area contributed by atoms with Crippen molar-refractivity contribution in [3.63, 3.8) is 0 Å². The Labute approximate surface area is 120 Å². The Morgan fingerprint density at radius 2 is 2.10 bits per heavy atom. The minimum Gasteiger partial charge on any atom is -0.465 e. The van der Waals surface area contributed by atoms with Crippen molar-refractivity contribution in [3.05, 3.63) is 35.9 Å². The molecule has 1 saturated heterocycles. The van der Waals surface area contributed by atoms with Crippen LogP contribution in [0.5, 0.6) is 0 Å². The number of hydrogen-bond donors (Lipinski definition) is 1. The molecule has 1 aromatic carbocycles. The molecule has 0 bridgehead atoms. The molecule has 0 spiro atoms. The number of benzene rings is 1. The summed E-state index contributed by atoms with van der Waals surface area (Å²) in [4.78, 5) is 12.4. The zero-order chi connectivity index (χ0) is 14.3. The highest BCUT2D eigenvalue weighted by Crippen LogP contribution is 2.24. The normalized spacial score (nSPS) is 23.1. The molecule has 1 N–H and O–H groups in total. The van der Waals surface area contributed by atoms with Crippen LogP contribution in [0.1, 0.15) is 31.7 Å². The Bertz CT molecular complexity index is 411. The fourth-order valence-corrected chi connectivity index (χ4v) is 2.54. The average molecular weight is 277 g/mol. The minimum atomic E-state index is -0.609. The first-order valence-electron chi connectivity index (χ1n) is 7.31. The van der Waals surface area contributed by atoms with Gasteiger partial charge in [0, 0.05) is 19.8 Å². The van der Waals surface area contributed by atoms with Gasteiger partial charge in [-0.05, 0) is 31.7 Å². The fourth-order valence-electron chi connectivity index (χ4n) is 2.54. The highest BCUT2D eigenvalue weighted by molar-refractivity contribution is 5.81. The van der Waals surface area contributed by atoms with Crippen LogP contribution in [0.25, 0.3) is 0 Å². The molecule has 0 radical (unpaired) electrons. The van der Waals surface area contributed by atoms with Gasteiger partial charge in [-0.25, -0.2) is 0 Å². The van der Waals surface area contributed by atoms with Crippen molar-refractivity contribution in [2.75, 3.05) is 19.8 Å². The maximum absolute atomic E-state index is 12.4. The lowest BCUT2D eigenvalue weighted by molar-refractivity contribution is -0.152. The summed E-state index contributed by atoms with van der Waals surface area (Å²) in [7, 11) is 0. The van der Waals surface area contributed by atoms with Gasteiger partial charge in [-0.2, -0.15) is 0 Å². The summed E-state index contributed by atoms with van der Waals surface area (Å²) in [5.41, 5.74) is 0.559. The number of rotatable bonds is 5. The van der Waals surface area contributed by atoms with Gasteiger partial charge in [-0.1, -0.05) is 30.3 Å². The van der Waals surface area contributed by atoms with Crippen LogP contribution in [0.4, 0.5) is 0 Å². The Balaban J connectivity index is 2.07. The molecule has 1 aromatic rings. The van der Waals surface area contributed by atoms with Crippen LogP contribution in [0, 0.1) is 0 Å². The zero-order valence-electron chi connectivity index (χ0n) is 12.1. The third-order valence-corrected chi connectivity index (χ3v) is 3.71. The van der Waals surface area contributed by atoms with E-state index in [1.165, 1.54) is 5.56 Å². The lowest BCUT2D eigenvalue weighted by atomic mass is 9.90. The van der Waals surface area contributed by atoms with E-state index in [-0.39, 0.29) is 5.97 Å². The molecule has 4 nitrogen and oxygen atoms in total. The average Bonchev–Trinajstić information content (AvgIpc) is 2.73. The fraction of sp³-hybridized carbons (Fsp3) is 0.562. The second-order valence-electron chi connectivity index (χ2n) is 5.11.